The van der Waals surface area contributed by atoms with Crippen LogP contribution in [0.2, 0.25) is 0 Å². The molecule has 4 heteroatoms. The molecular weight excluding hydrogens is 241 g/mol. The molecule has 3 N–H and O–H groups in total. The van der Waals surface area contributed by atoms with Crippen molar-refractivity contribution in [1.29, 1.82) is 5.41 Å². The maximum atomic E-state index is 13.5. The Bertz CT molecular complexity index is 463. The summed E-state index contributed by atoms with van der Waals surface area (Å²) in [5, 5.41) is 7.39. The summed E-state index contributed by atoms with van der Waals surface area (Å²) in [5.74, 6) is -0.452. The van der Waals surface area contributed by atoms with Crippen molar-refractivity contribution >= 4 is 5.84 Å². The molecule has 1 aromatic carbocycles. The van der Waals surface area contributed by atoms with E-state index < -0.39 is 0 Å². The Hall–Kier alpha value is -1.42. The third-order valence-corrected chi connectivity index (χ3v) is 3.62. The number of halogens is 1. The molecule has 0 fully saturated rings. The minimum Gasteiger partial charge on any atom is -0.384 e. The predicted octanol–water partition coefficient (Wildman–Crippen LogP) is 2.98. The van der Waals surface area contributed by atoms with Gasteiger partial charge in [0.05, 0.1) is 0 Å². The zero-order chi connectivity index (χ0) is 14.8. The molecular formula is C15H24FN3. The van der Waals surface area contributed by atoms with Crippen LogP contribution in [0.25, 0.3) is 0 Å². The fourth-order valence-electron chi connectivity index (χ4n) is 1.98. The normalized spacial score (nSPS) is 13.6. The molecule has 0 aromatic heterocycles. The van der Waals surface area contributed by atoms with E-state index in [1.807, 2.05) is 7.05 Å². The first-order valence-corrected chi connectivity index (χ1v) is 6.45. The molecule has 0 aliphatic rings. The van der Waals surface area contributed by atoms with Crippen molar-refractivity contribution in [2.24, 2.45) is 11.1 Å². The lowest BCUT2D eigenvalue weighted by atomic mass is 9.87. The van der Waals surface area contributed by atoms with E-state index in [4.69, 9.17) is 11.1 Å². The van der Waals surface area contributed by atoms with Gasteiger partial charge in [0, 0.05) is 18.2 Å². The van der Waals surface area contributed by atoms with Gasteiger partial charge in [0.2, 0.25) is 0 Å². The van der Waals surface area contributed by atoms with Gasteiger partial charge in [-0.3, -0.25) is 10.3 Å². The molecule has 0 bridgehead atoms. The Balaban J connectivity index is 2.91. The van der Waals surface area contributed by atoms with Crippen LogP contribution in [-0.2, 0) is 6.54 Å². The number of nitrogens with one attached hydrogen (secondary N) is 1. The van der Waals surface area contributed by atoms with Crippen molar-refractivity contribution in [3.8, 4) is 0 Å². The van der Waals surface area contributed by atoms with E-state index >= 15 is 0 Å². The van der Waals surface area contributed by atoms with Gasteiger partial charge in [-0.25, -0.2) is 4.39 Å². The maximum Gasteiger partial charge on any atom is 0.124 e. The third kappa shape index (κ3) is 4.31. The number of nitrogen functional groups attached to an aromatic ring is 1. The van der Waals surface area contributed by atoms with Gasteiger partial charge in [-0.05, 0) is 43.1 Å². The minimum atomic E-state index is -0.348. The van der Waals surface area contributed by atoms with Gasteiger partial charge in [0.25, 0.3) is 0 Å². The molecule has 0 amide bonds. The van der Waals surface area contributed by atoms with Crippen molar-refractivity contribution in [3.05, 3.63) is 35.1 Å². The number of amidine groups is 1. The van der Waals surface area contributed by atoms with Crippen LogP contribution in [0.5, 0.6) is 0 Å². The topological polar surface area (TPSA) is 53.1 Å². The molecule has 0 saturated heterocycles. The zero-order valence-corrected chi connectivity index (χ0v) is 12.4. The first kappa shape index (κ1) is 15.6. The molecule has 1 rings (SSSR count). The number of benzene rings is 1. The first-order chi connectivity index (χ1) is 8.61. The van der Waals surface area contributed by atoms with Crippen LogP contribution in [0.3, 0.4) is 0 Å². The molecule has 1 aromatic rings. The van der Waals surface area contributed by atoms with Crippen molar-refractivity contribution < 1.29 is 4.39 Å². The van der Waals surface area contributed by atoms with Gasteiger partial charge in [-0.2, -0.15) is 0 Å². The molecule has 0 radical (unpaired) electrons. The fourth-order valence-corrected chi connectivity index (χ4v) is 1.98. The predicted molar refractivity (Wildman–Crippen MR) is 77.8 cm³/mol. The standard InChI is InChI=1S/C15H24FN3/c1-10(15(2,3)4)19(5)9-11-6-12(14(17)18)8-13(16)7-11/h6-8,10H,9H2,1-5H3,(H3,17,18). The lowest BCUT2D eigenvalue weighted by Gasteiger charge is -2.35. The number of nitrogens with two attached hydrogens (primary N) is 1. The Morgan fingerprint density at radius 3 is 2.42 bits per heavy atom. The van der Waals surface area contributed by atoms with Crippen LogP contribution >= 0.6 is 0 Å². The van der Waals surface area contributed by atoms with Crippen LogP contribution < -0.4 is 5.73 Å². The molecule has 1 unspecified atom stereocenters. The molecule has 0 spiro atoms. The monoisotopic (exact) mass is 265 g/mol. The maximum absolute atomic E-state index is 13.5. The van der Waals surface area contributed by atoms with Crippen LogP contribution in [0.15, 0.2) is 18.2 Å². The average Bonchev–Trinajstić information content (AvgIpc) is 2.25. The van der Waals surface area contributed by atoms with Crippen molar-refractivity contribution in [1.82, 2.24) is 4.90 Å². The molecule has 0 saturated carbocycles. The SMILES string of the molecule is CC(N(C)Cc1cc(F)cc(C(=N)N)c1)C(C)(C)C. The van der Waals surface area contributed by atoms with Gasteiger partial charge in [-0.1, -0.05) is 20.8 Å². The highest BCUT2D eigenvalue weighted by Gasteiger charge is 2.23. The number of hydrogen-bond acceptors (Lipinski definition) is 2. The Morgan fingerprint density at radius 1 is 1.37 bits per heavy atom. The van der Waals surface area contributed by atoms with E-state index in [0.717, 1.165) is 5.56 Å². The smallest absolute Gasteiger partial charge is 0.124 e. The largest absolute Gasteiger partial charge is 0.384 e. The summed E-state index contributed by atoms with van der Waals surface area (Å²) >= 11 is 0. The van der Waals surface area contributed by atoms with E-state index in [1.165, 1.54) is 12.1 Å². The van der Waals surface area contributed by atoms with E-state index in [-0.39, 0.29) is 17.1 Å². The Morgan fingerprint density at radius 2 is 1.95 bits per heavy atom. The summed E-state index contributed by atoms with van der Waals surface area (Å²) in [6.45, 7) is 9.34. The molecule has 106 valence electrons. The molecule has 0 aliphatic carbocycles. The second-order valence-corrected chi connectivity index (χ2v) is 6.22. The Kier molecular flexibility index (Phi) is 4.69. The lowest BCUT2D eigenvalue weighted by molar-refractivity contribution is 0.134. The van der Waals surface area contributed by atoms with Crippen LogP contribution in [0.4, 0.5) is 4.39 Å². The average molecular weight is 265 g/mol. The van der Waals surface area contributed by atoms with Gasteiger partial charge in [0.1, 0.15) is 11.7 Å². The second kappa shape index (κ2) is 5.70. The summed E-state index contributed by atoms with van der Waals surface area (Å²) in [6, 6.07) is 4.92. The van der Waals surface area contributed by atoms with Gasteiger partial charge < -0.3 is 5.73 Å². The molecule has 19 heavy (non-hydrogen) atoms. The van der Waals surface area contributed by atoms with Crippen LogP contribution in [0, 0.1) is 16.6 Å². The number of hydrogen-bond donors (Lipinski definition) is 2. The third-order valence-electron chi connectivity index (χ3n) is 3.62. The number of nitrogens with zero attached hydrogens (tertiary/aromatic N) is 1. The van der Waals surface area contributed by atoms with Gasteiger partial charge >= 0.3 is 0 Å². The highest BCUT2D eigenvalue weighted by molar-refractivity contribution is 5.95. The highest BCUT2D eigenvalue weighted by Crippen LogP contribution is 2.24. The van der Waals surface area contributed by atoms with Crippen LogP contribution in [0.1, 0.15) is 38.8 Å². The van der Waals surface area contributed by atoms with E-state index in [9.17, 15) is 4.39 Å². The Labute approximate surface area is 115 Å². The first-order valence-electron chi connectivity index (χ1n) is 6.45. The summed E-state index contributed by atoms with van der Waals surface area (Å²) in [4.78, 5) is 2.18. The van der Waals surface area contributed by atoms with Crippen LogP contribution in [-0.4, -0.2) is 23.8 Å². The lowest BCUT2D eigenvalue weighted by Crippen LogP contribution is -2.38. The highest BCUT2D eigenvalue weighted by atomic mass is 19.1. The molecule has 1 atom stereocenters. The van der Waals surface area contributed by atoms with Gasteiger partial charge in [0.15, 0.2) is 0 Å². The zero-order valence-electron chi connectivity index (χ0n) is 12.4. The quantitative estimate of drug-likeness (QED) is 0.649. The summed E-state index contributed by atoms with van der Waals surface area (Å²) in [5.41, 5.74) is 6.85. The van der Waals surface area contributed by atoms with Crippen molar-refractivity contribution in [2.45, 2.75) is 40.3 Å². The summed E-state index contributed by atoms with van der Waals surface area (Å²) in [7, 11) is 2.02. The summed E-state index contributed by atoms with van der Waals surface area (Å²) in [6.07, 6.45) is 0. The molecule has 3 nitrogen and oxygen atoms in total. The van der Waals surface area contributed by atoms with Gasteiger partial charge in [-0.15, -0.1) is 0 Å². The second-order valence-electron chi connectivity index (χ2n) is 6.22. The minimum absolute atomic E-state index is 0.104. The van der Waals surface area contributed by atoms with E-state index in [0.29, 0.717) is 18.2 Å². The van der Waals surface area contributed by atoms with Crippen molar-refractivity contribution in [2.75, 3.05) is 7.05 Å². The molecule has 0 heterocycles. The number of rotatable bonds is 4. The summed E-state index contributed by atoms with van der Waals surface area (Å²) < 4.78 is 13.5. The van der Waals surface area contributed by atoms with E-state index in [2.05, 4.69) is 32.6 Å². The molecule has 0 aliphatic heterocycles. The fraction of sp³-hybridized carbons (Fsp3) is 0.533. The van der Waals surface area contributed by atoms with Crippen molar-refractivity contribution in [3.63, 3.8) is 0 Å². The van der Waals surface area contributed by atoms with E-state index in [1.54, 1.807) is 6.07 Å².